The van der Waals surface area contributed by atoms with Gasteiger partial charge >= 0.3 is 5.97 Å². The number of nitrogens with one attached hydrogen (secondary N) is 1. The van der Waals surface area contributed by atoms with Gasteiger partial charge in [0.2, 0.25) is 0 Å². The molecule has 0 heterocycles. The molecular weight excluding hydrogens is 178 g/mol. The average molecular weight is 189 g/mol. The zero-order valence-corrected chi connectivity index (χ0v) is 8.09. The second-order valence-corrected chi connectivity index (χ2v) is 2.90. The number of terminal acetylenes is 1. The second-order valence-electron chi connectivity index (χ2n) is 2.90. The second kappa shape index (κ2) is 3.84. The molecule has 0 unspecified atom stereocenters. The first-order chi connectivity index (χ1) is 6.60. The third-order valence-corrected chi connectivity index (χ3v) is 2.08. The molecule has 1 aromatic rings. The van der Waals surface area contributed by atoms with Crippen LogP contribution in [0.5, 0.6) is 0 Å². The van der Waals surface area contributed by atoms with Gasteiger partial charge in [-0.15, -0.1) is 6.42 Å². The van der Waals surface area contributed by atoms with Gasteiger partial charge in [0.25, 0.3) is 0 Å². The number of aromatic carboxylic acids is 1. The van der Waals surface area contributed by atoms with E-state index in [0.717, 1.165) is 0 Å². The van der Waals surface area contributed by atoms with Crippen LogP contribution in [0.15, 0.2) is 12.1 Å². The smallest absolute Gasteiger partial charge is 0.336 e. The van der Waals surface area contributed by atoms with Crippen LogP contribution in [0.4, 0.5) is 5.69 Å². The van der Waals surface area contributed by atoms with Crippen LogP contribution in [0.2, 0.25) is 0 Å². The Bertz CT molecular complexity index is 416. The standard InChI is InChI=1S/C11H11NO2/c1-4-8-5-9(12-3)6-10(7(8)2)11(13)14/h1,5-6,12H,2-3H3,(H,13,14). The van der Waals surface area contributed by atoms with E-state index < -0.39 is 5.97 Å². The van der Waals surface area contributed by atoms with Gasteiger partial charge in [0, 0.05) is 18.3 Å². The Balaban J connectivity index is 3.44. The van der Waals surface area contributed by atoms with Gasteiger partial charge in [0.1, 0.15) is 0 Å². The topological polar surface area (TPSA) is 49.3 Å². The van der Waals surface area contributed by atoms with E-state index in [0.29, 0.717) is 16.8 Å². The third kappa shape index (κ3) is 1.69. The summed E-state index contributed by atoms with van der Waals surface area (Å²) in [4.78, 5) is 10.9. The number of anilines is 1. The molecule has 0 amide bonds. The van der Waals surface area contributed by atoms with Crippen molar-refractivity contribution >= 4 is 11.7 Å². The third-order valence-electron chi connectivity index (χ3n) is 2.08. The number of rotatable bonds is 2. The highest BCUT2D eigenvalue weighted by molar-refractivity contribution is 5.91. The number of carboxylic acids is 1. The molecule has 0 radical (unpaired) electrons. The molecule has 14 heavy (non-hydrogen) atoms. The summed E-state index contributed by atoms with van der Waals surface area (Å²) in [6.07, 6.45) is 5.27. The van der Waals surface area contributed by atoms with Crippen molar-refractivity contribution in [2.24, 2.45) is 0 Å². The van der Waals surface area contributed by atoms with E-state index in [1.54, 1.807) is 26.1 Å². The summed E-state index contributed by atoms with van der Waals surface area (Å²) < 4.78 is 0. The van der Waals surface area contributed by atoms with Crippen LogP contribution >= 0.6 is 0 Å². The molecule has 2 N–H and O–H groups in total. The maximum atomic E-state index is 10.9. The van der Waals surface area contributed by atoms with Crippen molar-refractivity contribution in [2.75, 3.05) is 12.4 Å². The highest BCUT2D eigenvalue weighted by Gasteiger charge is 2.11. The summed E-state index contributed by atoms with van der Waals surface area (Å²) >= 11 is 0. The quantitative estimate of drug-likeness (QED) is 0.696. The summed E-state index contributed by atoms with van der Waals surface area (Å²) in [5.74, 6) is 1.50. The maximum absolute atomic E-state index is 10.9. The molecule has 0 saturated heterocycles. The Hall–Kier alpha value is -1.95. The largest absolute Gasteiger partial charge is 0.478 e. The fraction of sp³-hybridized carbons (Fsp3) is 0.182. The van der Waals surface area contributed by atoms with Crippen molar-refractivity contribution in [1.82, 2.24) is 0 Å². The van der Waals surface area contributed by atoms with Crippen molar-refractivity contribution in [3.8, 4) is 12.3 Å². The lowest BCUT2D eigenvalue weighted by molar-refractivity contribution is 0.0696. The van der Waals surface area contributed by atoms with Crippen LogP contribution in [0, 0.1) is 19.3 Å². The first-order valence-corrected chi connectivity index (χ1v) is 4.12. The minimum absolute atomic E-state index is 0.241. The van der Waals surface area contributed by atoms with Gasteiger partial charge in [-0.3, -0.25) is 0 Å². The maximum Gasteiger partial charge on any atom is 0.336 e. The lowest BCUT2D eigenvalue weighted by Gasteiger charge is -2.07. The zero-order chi connectivity index (χ0) is 10.7. The Morgan fingerprint density at radius 2 is 2.21 bits per heavy atom. The van der Waals surface area contributed by atoms with Gasteiger partial charge in [-0.2, -0.15) is 0 Å². The summed E-state index contributed by atoms with van der Waals surface area (Å²) in [5, 5.41) is 11.8. The lowest BCUT2D eigenvalue weighted by Crippen LogP contribution is -2.03. The average Bonchev–Trinajstić information content (AvgIpc) is 2.17. The van der Waals surface area contributed by atoms with Gasteiger partial charge in [-0.25, -0.2) is 4.79 Å². The molecule has 0 saturated carbocycles. The zero-order valence-electron chi connectivity index (χ0n) is 8.09. The molecule has 0 atom stereocenters. The van der Waals surface area contributed by atoms with Gasteiger partial charge in [0.15, 0.2) is 0 Å². The number of carbonyl (C=O) groups is 1. The molecule has 0 bridgehead atoms. The van der Waals surface area contributed by atoms with Crippen LogP contribution in [0.25, 0.3) is 0 Å². The van der Waals surface area contributed by atoms with E-state index in [2.05, 4.69) is 11.2 Å². The van der Waals surface area contributed by atoms with E-state index in [-0.39, 0.29) is 5.56 Å². The van der Waals surface area contributed by atoms with Crippen molar-refractivity contribution in [3.63, 3.8) is 0 Å². The summed E-state index contributed by atoms with van der Waals surface area (Å²) in [7, 11) is 1.72. The van der Waals surface area contributed by atoms with E-state index in [1.807, 2.05) is 0 Å². The van der Waals surface area contributed by atoms with Crippen molar-refractivity contribution in [3.05, 3.63) is 28.8 Å². The molecule has 3 heteroatoms. The Kier molecular flexibility index (Phi) is 2.78. The highest BCUT2D eigenvalue weighted by Crippen LogP contribution is 2.19. The molecule has 0 fully saturated rings. The predicted octanol–water partition coefficient (Wildman–Crippen LogP) is 1.72. The van der Waals surface area contributed by atoms with Crippen LogP contribution in [0.3, 0.4) is 0 Å². The molecule has 0 aromatic heterocycles. The van der Waals surface area contributed by atoms with Crippen LogP contribution < -0.4 is 5.32 Å². The molecule has 0 aliphatic heterocycles. The SMILES string of the molecule is C#Cc1cc(NC)cc(C(=O)O)c1C. The molecule has 3 nitrogen and oxygen atoms in total. The Morgan fingerprint density at radius 1 is 1.57 bits per heavy atom. The van der Waals surface area contributed by atoms with Crippen molar-refractivity contribution in [2.45, 2.75) is 6.92 Å². The molecular formula is C11H11NO2. The minimum atomic E-state index is -0.962. The molecule has 72 valence electrons. The molecule has 0 aliphatic rings. The Morgan fingerprint density at radius 3 is 2.64 bits per heavy atom. The normalized spacial score (nSPS) is 9.21. The number of hydrogen-bond acceptors (Lipinski definition) is 2. The summed E-state index contributed by atoms with van der Waals surface area (Å²) in [5.41, 5.74) is 2.18. The van der Waals surface area contributed by atoms with E-state index in [9.17, 15) is 4.79 Å². The van der Waals surface area contributed by atoms with Crippen LogP contribution in [-0.4, -0.2) is 18.1 Å². The molecule has 1 aromatic carbocycles. The van der Waals surface area contributed by atoms with Crippen LogP contribution in [-0.2, 0) is 0 Å². The first-order valence-electron chi connectivity index (χ1n) is 4.12. The molecule has 0 aliphatic carbocycles. The van der Waals surface area contributed by atoms with Crippen molar-refractivity contribution in [1.29, 1.82) is 0 Å². The van der Waals surface area contributed by atoms with Crippen LogP contribution in [0.1, 0.15) is 21.5 Å². The lowest BCUT2D eigenvalue weighted by atomic mass is 10.0. The number of hydrogen-bond donors (Lipinski definition) is 2. The van der Waals surface area contributed by atoms with E-state index in [1.165, 1.54) is 0 Å². The van der Waals surface area contributed by atoms with Gasteiger partial charge in [0.05, 0.1) is 5.56 Å². The fourth-order valence-corrected chi connectivity index (χ4v) is 1.23. The number of carboxylic acid groups (broad SMARTS) is 1. The van der Waals surface area contributed by atoms with Gasteiger partial charge in [-0.05, 0) is 24.6 Å². The molecule has 1 rings (SSSR count). The van der Waals surface area contributed by atoms with Gasteiger partial charge in [-0.1, -0.05) is 5.92 Å². The van der Waals surface area contributed by atoms with E-state index >= 15 is 0 Å². The van der Waals surface area contributed by atoms with E-state index in [4.69, 9.17) is 11.5 Å². The Labute approximate surface area is 82.8 Å². The number of benzene rings is 1. The fourth-order valence-electron chi connectivity index (χ4n) is 1.23. The molecule has 0 spiro atoms. The van der Waals surface area contributed by atoms with Gasteiger partial charge < -0.3 is 10.4 Å². The minimum Gasteiger partial charge on any atom is -0.478 e. The van der Waals surface area contributed by atoms with Crippen molar-refractivity contribution < 1.29 is 9.90 Å². The summed E-state index contributed by atoms with van der Waals surface area (Å²) in [6.45, 7) is 1.71. The predicted molar refractivity (Wildman–Crippen MR) is 55.6 cm³/mol. The summed E-state index contributed by atoms with van der Waals surface area (Å²) in [6, 6.07) is 3.32. The first kappa shape index (κ1) is 10.1. The highest BCUT2D eigenvalue weighted by atomic mass is 16.4. The monoisotopic (exact) mass is 189 g/mol.